The van der Waals surface area contributed by atoms with Crippen molar-refractivity contribution in [2.75, 3.05) is 13.1 Å². The number of halogens is 3. The van der Waals surface area contributed by atoms with Crippen molar-refractivity contribution in [1.82, 2.24) is 5.32 Å². The summed E-state index contributed by atoms with van der Waals surface area (Å²) in [5.74, 6) is -1.29. The van der Waals surface area contributed by atoms with Crippen molar-refractivity contribution in [1.29, 1.82) is 0 Å². The van der Waals surface area contributed by atoms with Gasteiger partial charge in [0.2, 0.25) is 5.78 Å². The molecule has 1 aliphatic heterocycles. The molecule has 72 valence electrons. The molecule has 2 nitrogen and oxygen atoms in total. The molecule has 0 radical (unpaired) electrons. The highest BCUT2D eigenvalue weighted by atomic mass is 35.5. The lowest BCUT2D eigenvalue weighted by Gasteiger charge is -2.20. The second-order valence-corrected chi connectivity index (χ2v) is 2.73. The first-order valence-electron chi connectivity index (χ1n) is 3.74. The minimum atomic E-state index is -2.78. The number of carbonyl (C=O) groups is 1. The van der Waals surface area contributed by atoms with Gasteiger partial charge in [-0.25, -0.2) is 8.78 Å². The smallest absolute Gasteiger partial charge is 0.296 e. The fourth-order valence-corrected chi connectivity index (χ4v) is 1.28. The number of nitrogens with one attached hydrogen (secondary N) is 1. The minimum Gasteiger partial charge on any atom is -0.317 e. The van der Waals surface area contributed by atoms with Crippen LogP contribution in [0.1, 0.15) is 12.8 Å². The lowest BCUT2D eigenvalue weighted by atomic mass is 9.94. The van der Waals surface area contributed by atoms with Gasteiger partial charge in [0.05, 0.1) is 0 Å². The monoisotopic (exact) mass is 199 g/mol. The third-order valence-corrected chi connectivity index (χ3v) is 1.96. The predicted molar refractivity (Wildman–Crippen MR) is 43.9 cm³/mol. The van der Waals surface area contributed by atoms with Crippen LogP contribution in [0.25, 0.3) is 0 Å². The van der Waals surface area contributed by atoms with Crippen molar-refractivity contribution in [2.45, 2.75) is 19.3 Å². The van der Waals surface area contributed by atoms with Gasteiger partial charge in [0.25, 0.3) is 6.43 Å². The van der Waals surface area contributed by atoms with Crippen LogP contribution in [0, 0.1) is 5.92 Å². The molecule has 1 heterocycles. The van der Waals surface area contributed by atoms with Crippen molar-refractivity contribution < 1.29 is 13.6 Å². The van der Waals surface area contributed by atoms with Crippen molar-refractivity contribution in [3.8, 4) is 0 Å². The van der Waals surface area contributed by atoms with Gasteiger partial charge >= 0.3 is 0 Å². The number of hydrogen-bond donors (Lipinski definition) is 1. The molecule has 1 rings (SSSR count). The molecule has 0 unspecified atom stereocenters. The first-order valence-corrected chi connectivity index (χ1v) is 3.74. The van der Waals surface area contributed by atoms with Gasteiger partial charge in [-0.15, -0.1) is 12.4 Å². The van der Waals surface area contributed by atoms with Crippen LogP contribution >= 0.6 is 12.4 Å². The van der Waals surface area contributed by atoms with E-state index in [1.54, 1.807) is 0 Å². The average molecular weight is 200 g/mol. The van der Waals surface area contributed by atoms with Crippen molar-refractivity contribution in [3.63, 3.8) is 0 Å². The van der Waals surface area contributed by atoms with Crippen molar-refractivity contribution in [2.24, 2.45) is 5.92 Å². The summed E-state index contributed by atoms with van der Waals surface area (Å²) in [6, 6.07) is 0. The van der Waals surface area contributed by atoms with E-state index in [0.717, 1.165) is 0 Å². The molecule has 0 aromatic rings. The summed E-state index contributed by atoms with van der Waals surface area (Å²) in [6.07, 6.45) is -1.66. The molecule has 0 aromatic carbocycles. The molecule has 0 atom stereocenters. The quantitative estimate of drug-likeness (QED) is 0.725. The van der Waals surface area contributed by atoms with E-state index in [9.17, 15) is 13.6 Å². The maximum Gasteiger partial charge on any atom is 0.296 e. The van der Waals surface area contributed by atoms with E-state index in [0.29, 0.717) is 25.9 Å². The molecule has 1 fully saturated rings. The second-order valence-electron chi connectivity index (χ2n) is 2.73. The van der Waals surface area contributed by atoms with Gasteiger partial charge in [-0.2, -0.15) is 0 Å². The maximum absolute atomic E-state index is 11.8. The van der Waals surface area contributed by atoms with Gasteiger partial charge in [0.1, 0.15) is 0 Å². The minimum absolute atomic E-state index is 0. The Morgan fingerprint density at radius 1 is 1.33 bits per heavy atom. The number of Topliss-reactive ketones (excluding diaryl/α,β-unsaturated/α-hetero) is 1. The first kappa shape index (κ1) is 11.8. The van der Waals surface area contributed by atoms with E-state index in [1.165, 1.54) is 0 Å². The number of piperidine rings is 1. The summed E-state index contributed by atoms with van der Waals surface area (Å²) in [6.45, 7) is 1.37. The van der Waals surface area contributed by atoms with Crippen LogP contribution in [-0.4, -0.2) is 25.3 Å². The third kappa shape index (κ3) is 3.03. The van der Waals surface area contributed by atoms with Gasteiger partial charge in [0, 0.05) is 5.92 Å². The molecule has 1 saturated heterocycles. The lowest BCUT2D eigenvalue weighted by molar-refractivity contribution is -0.134. The zero-order valence-corrected chi connectivity index (χ0v) is 7.37. The highest BCUT2D eigenvalue weighted by Crippen LogP contribution is 2.16. The Kier molecular flexibility index (Phi) is 5.33. The summed E-state index contributed by atoms with van der Waals surface area (Å²) >= 11 is 0. The zero-order chi connectivity index (χ0) is 8.27. The van der Waals surface area contributed by atoms with E-state index in [4.69, 9.17) is 0 Å². The molecule has 12 heavy (non-hydrogen) atoms. The van der Waals surface area contributed by atoms with Crippen molar-refractivity contribution >= 4 is 18.2 Å². The topological polar surface area (TPSA) is 29.1 Å². The predicted octanol–water partition coefficient (Wildman–Crippen LogP) is 1.24. The van der Waals surface area contributed by atoms with Crippen molar-refractivity contribution in [3.05, 3.63) is 0 Å². The Hall–Kier alpha value is -0.220. The highest BCUT2D eigenvalue weighted by Gasteiger charge is 2.27. The summed E-state index contributed by atoms with van der Waals surface area (Å²) in [5.41, 5.74) is 0. The molecular formula is C7H12ClF2NO. The molecule has 0 spiro atoms. The average Bonchev–Trinajstić information content (AvgIpc) is 2.05. The van der Waals surface area contributed by atoms with Crippen LogP contribution in [0.2, 0.25) is 0 Å². The highest BCUT2D eigenvalue weighted by molar-refractivity contribution is 5.85. The summed E-state index contributed by atoms with van der Waals surface area (Å²) in [7, 11) is 0. The van der Waals surface area contributed by atoms with Crippen LogP contribution < -0.4 is 5.32 Å². The van der Waals surface area contributed by atoms with Crippen LogP contribution in [0.4, 0.5) is 8.78 Å². The van der Waals surface area contributed by atoms with Crippen LogP contribution in [0.15, 0.2) is 0 Å². The molecule has 0 aromatic heterocycles. The van der Waals surface area contributed by atoms with E-state index in [1.807, 2.05) is 0 Å². The van der Waals surface area contributed by atoms with Gasteiger partial charge < -0.3 is 5.32 Å². The SMILES string of the molecule is Cl.O=C(C(F)F)C1CCNCC1. The largest absolute Gasteiger partial charge is 0.317 e. The first-order chi connectivity index (χ1) is 5.22. The Morgan fingerprint density at radius 3 is 2.25 bits per heavy atom. The van der Waals surface area contributed by atoms with Gasteiger partial charge in [-0.1, -0.05) is 0 Å². The molecule has 0 bridgehead atoms. The molecule has 0 saturated carbocycles. The Labute approximate surface area is 76.1 Å². The molecule has 0 aliphatic carbocycles. The summed E-state index contributed by atoms with van der Waals surface area (Å²) in [4.78, 5) is 10.7. The maximum atomic E-state index is 11.8. The lowest BCUT2D eigenvalue weighted by Crippen LogP contribution is -2.34. The van der Waals surface area contributed by atoms with Gasteiger partial charge in [-0.3, -0.25) is 4.79 Å². The number of ketones is 1. The number of alkyl halides is 2. The van der Waals surface area contributed by atoms with E-state index >= 15 is 0 Å². The summed E-state index contributed by atoms with van der Waals surface area (Å²) in [5, 5.41) is 3.01. The van der Waals surface area contributed by atoms with Crippen LogP contribution in [0.5, 0.6) is 0 Å². The van der Waals surface area contributed by atoms with Gasteiger partial charge in [0.15, 0.2) is 0 Å². The molecule has 1 N–H and O–H groups in total. The molecule has 0 amide bonds. The van der Waals surface area contributed by atoms with Gasteiger partial charge in [-0.05, 0) is 25.9 Å². The van der Waals surface area contributed by atoms with Crippen LogP contribution in [-0.2, 0) is 4.79 Å². The standard InChI is InChI=1S/C7H11F2NO.ClH/c8-7(9)6(11)5-1-3-10-4-2-5;/h5,7,10H,1-4H2;1H. The molecule has 1 aliphatic rings. The number of hydrogen-bond acceptors (Lipinski definition) is 2. The Bertz CT molecular complexity index is 148. The molecule has 5 heteroatoms. The molecular weight excluding hydrogens is 188 g/mol. The van der Waals surface area contributed by atoms with E-state index < -0.39 is 18.1 Å². The fraction of sp³-hybridized carbons (Fsp3) is 0.857. The number of rotatable bonds is 2. The fourth-order valence-electron chi connectivity index (χ4n) is 1.28. The van der Waals surface area contributed by atoms with Crippen LogP contribution in [0.3, 0.4) is 0 Å². The zero-order valence-electron chi connectivity index (χ0n) is 6.56. The Balaban J connectivity index is 0.00000121. The third-order valence-electron chi connectivity index (χ3n) is 1.96. The normalized spacial score (nSPS) is 18.9. The van der Waals surface area contributed by atoms with E-state index in [2.05, 4.69) is 5.32 Å². The van der Waals surface area contributed by atoms with E-state index in [-0.39, 0.29) is 12.4 Å². The summed E-state index contributed by atoms with van der Waals surface area (Å²) < 4.78 is 23.7. The Morgan fingerprint density at radius 2 is 1.83 bits per heavy atom. The number of carbonyl (C=O) groups excluding carboxylic acids is 1. The second kappa shape index (κ2) is 5.43.